The number of aliphatic carboxylic acids is 1. The monoisotopic (exact) mass is 285 g/mol. The van der Waals surface area contributed by atoms with E-state index < -0.39 is 5.97 Å². The smallest absolute Gasteiger partial charge is 0.313 e. The molecule has 1 unspecified atom stereocenters. The molecule has 1 fully saturated rings. The molecule has 1 N–H and O–H groups in total. The number of hydrogen-bond donors (Lipinski definition) is 1. The van der Waals surface area contributed by atoms with Crippen LogP contribution in [-0.2, 0) is 16.1 Å². The standard InChI is InChI=1S/C12H19N3O3S/c1-2-5-15-11(9-4-3-6-18-7-9)13-14-12(15)19-8-10(16)17/h9H,2-8H2,1H3,(H,16,17). The first-order valence-corrected chi connectivity index (χ1v) is 7.56. The van der Waals surface area contributed by atoms with E-state index in [-0.39, 0.29) is 11.7 Å². The molecule has 0 saturated carbocycles. The van der Waals surface area contributed by atoms with Gasteiger partial charge in [0.1, 0.15) is 5.82 Å². The molecular weight excluding hydrogens is 266 g/mol. The summed E-state index contributed by atoms with van der Waals surface area (Å²) < 4.78 is 7.54. The van der Waals surface area contributed by atoms with E-state index in [9.17, 15) is 4.79 Å². The van der Waals surface area contributed by atoms with Crippen molar-refractivity contribution < 1.29 is 14.6 Å². The highest BCUT2D eigenvalue weighted by atomic mass is 32.2. The number of thioether (sulfide) groups is 1. The lowest BCUT2D eigenvalue weighted by Crippen LogP contribution is -2.20. The van der Waals surface area contributed by atoms with E-state index in [0.29, 0.717) is 11.8 Å². The molecule has 1 aromatic heterocycles. The maximum absolute atomic E-state index is 10.7. The Labute approximate surface area is 116 Å². The van der Waals surface area contributed by atoms with E-state index in [1.165, 1.54) is 11.8 Å². The van der Waals surface area contributed by atoms with Crippen molar-refractivity contribution in [2.75, 3.05) is 19.0 Å². The molecule has 106 valence electrons. The normalized spacial score (nSPS) is 19.5. The highest BCUT2D eigenvalue weighted by Crippen LogP contribution is 2.27. The van der Waals surface area contributed by atoms with Crippen molar-refractivity contribution in [1.82, 2.24) is 14.8 Å². The summed E-state index contributed by atoms with van der Waals surface area (Å²) in [5, 5.41) is 17.8. The van der Waals surface area contributed by atoms with Crippen LogP contribution in [0.3, 0.4) is 0 Å². The van der Waals surface area contributed by atoms with Gasteiger partial charge in [0.05, 0.1) is 12.4 Å². The van der Waals surface area contributed by atoms with Gasteiger partial charge in [-0.15, -0.1) is 10.2 Å². The number of nitrogens with zero attached hydrogens (tertiary/aromatic N) is 3. The van der Waals surface area contributed by atoms with Gasteiger partial charge < -0.3 is 14.4 Å². The molecule has 0 aromatic carbocycles. The number of carbonyl (C=O) groups is 1. The summed E-state index contributed by atoms with van der Waals surface area (Å²) in [5.41, 5.74) is 0. The molecule has 7 heteroatoms. The van der Waals surface area contributed by atoms with Gasteiger partial charge in [-0.2, -0.15) is 0 Å². The maximum atomic E-state index is 10.7. The van der Waals surface area contributed by atoms with Gasteiger partial charge in [-0.25, -0.2) is 0 Å². The Bertz CT molecular complexity index is 430. The highest BCUT2D eigenvalue weighted by Gasteiger charge is 2.23. The summed E-state index contributed by atoms with van der Waals surface area (Å²) in [5.74, 6) is 0.406. The van der Waals surface area contributed by atoms with Gasteiger partial charge in [-0.1, -0.05) is 18.7 Å². The summed E-state index contributed by atoms with van der Waals surface area (Å²) in [6.07, 6.45) is 3.08. The molecule has 19 heavy (non-hydrogen) atoms. The molecule has 2 rings (SSSR count). The van der Waals surface area contributed by atoms with E-state index in [0.717, 1.165) is 38.2 Å². The van der Waals surface area contributed by atoms with Crippen LogP contribution in [0.25, 0.3) is 0 Å². The van der Waals surface area contributed by atoms with E-state index in [1.807, 2.05) is 4.57 Å². The molecule has 0 aliphatic carbocycles. The molecule has 6 nitrogen and oxygen atoms in total. The number of carboxylic acids is 1. The zero-order valence-electron chi connectivity index (χ0n) is 11.0. The van der Waals surface area contributed by atoms with Crippen molar-refractivity contribution in [3.05, 3.63) is 5.82 Å². The summed E-state index contributed by atoms with van der Waals surface area (Å²) in [6, 6.07) is 0. The first kappa shape index (κ1) is 14.3. The zero-order chi connectivity index (χ0) is 13.7. The average Bonchev–Trinajstić information content (AvgIpc) is 2.81. The molecule has 1 aromatic rings. The van der Waals surface area contributed by atoms with E-state index in [4.69, 9.17) is 9.84 Å². The van der Waals surface area contributed by atoms with Crippen LogP contribution in [0.1, 0.15) is 37.9 Å². The lowest BCUT2D eigenvalue weighted by molar-refractivity contribution is -0.133. The van der Waals surface area contributed by atoms with Crippen LogP contribution in [0.5, 0.6) is 0 Å². The van der Waals surface area contributed by atoms with Crippen LogP contribution >= 0.6 is 11.8 Å². The lowest BCUT2D eigenvalue weighted by atomic mass is 10.0. The van der Waals surface area contributed by atoms with E-state index in [2.05, 4.69) is 17.1 Å². The van der Waals surface area contributed by atoms with Crippen LogP contribution in [-0.4, -0.2) is 44.8 Å². The van der Waals surface area contributed by atoms with Crippen molar-refractivity contribution in [3.63, 3.8) is 0 Å². The second-order valence-electron chi connectivity index (χ2n) is 4.59. The third-order valence-corrected chi connectivity index (χ3v) is 3.99. The second-order valence-corrected chi connectivity index (χ2v) is 5.53. The Morgan fingerprint density at radius 1 is 1.58 bits per heavy atom. The van der Waals surface area contributed by atoms with Crippen LogP contribution in [0.4, 0.5) is 0 Å². The summed E-state index contributed by atoms with van der Waals surface area (Å²) in [6.45, 7) is 4.41. The number of aromatic nitrogens is 3. The van der Waals surface area contributed by atoms with Crippen LogP contribution in [0.15, 0.2) is 5.16 Å². The topological polar surface area (TPSA) is 77.2 Å². The first-order valence-electron chi connectivity index (χ1n) is 6.57. The minimum Gasteiger partial charge on any atom is -0.481 e. The molecule has 1 saturated heterocycles. The fraction of sp³-hybridized carbons (Fsp3) is 0.750. The Kier molecular flexibility index (Phi) is 5.21. The summed E-state index contributed by atoms with van der Waals surface area (Å²) in [4.78, 5) is 10.7. The van der Waals surface area contributed by atoms with Crippen molar-refractivity contribution in [3.8, 4) is 0 Å². The van der Waals surface area contributed by atoms with E-state index in [1.54, 1.807) is 0 Å². The number of hydrogen-bond acceptors (Lipinski definition) is 5. The number of carboxylic acid groups (broad SMARTS) is 1. The molecule has 0 amide bonds. The van der Waals surface area contributed by atoms with Crippen molar-refractivity contribution in [1.29, 1.82) is 0 Å². The predicted molar refractivity (Wildman–Crippen MR) is 71.5 cm³/mol. The molecule has 2 heterocycles. The molecule has 0 bridgehead atoms. The van der Waals surface area contributed by atoms with Crippen molar-refractivity contribution in [2.45, 2.75) is 43.8 Å². The van der Waals surface area contributed by atoms with Gasteiger partial charge >= 0.3 is 5.97 Å². The predicted octanol–water partition coefficient (Wildman–Crippen LogP) is 1.76. The second kappa shape index (κ2) is 6.91. The van der Waals surface area contributed by atoms with E-state index >= 15 is 0 Å². The zero-order valence-corrected chi connectivity index (χ0v) is 11.9. The number of rotatable bonds is 6. The van der Waals surface area contributed by atoms with Gasteiger partial charge in [0.2, 0.25) is 0 Å². The first-order chi connectivity index (χ1) is 9.22. The number of ether oxygens (including phenoxy) is 1. The summed E-state index contributed by atoms with van der Waals surface area (Å²) in [7, 11) is 0. The quantitative estimate of drug-likeness (QED) is 0.802. The largest absolute Gasteiger partial charge is 0.481 e. The van der Waals surface area contributed by atoms with Crippen molar-refractivity contribution >= 4 is 17.7 Å². The van der Waals surface area contributed by atoms with Gasteiger partial charge in [0.15, 0.2) is 5.16 Å². The van der Waals surface area contributed by atoms with Crippen LogP contribution < -0.4 is 0 Å². The van der Waals surface area contributed by atoms with Gasteiger partial charge in [0.25, 0.3) is 0 Å². The Morgan fingerprint density at radius 2 is 2.42 bits per heavy atom. The fourth-order valence-electron chi connectivity index (χ4n) is 2.21. The average molecular weight is 285 g/mol. The van der Waals surface area contributed by atoms with Crippen LogP contribution in [0.2, 0.25) is 0 Å². The molecule has 0 radical (unpaired) electrons. The van der Waals surface area contributed by atoms with Crippen LogP contribution in [0, 0.1) is 0 Å². The SMILES string of the molecule is CCCn1c(SCC(=O)O)nnc1C1CCCOC1. The summed E-state index contributed by atoms with van der Waals surface area (Å²) >= 11 is 1.23. The molecule has 1 atom stereocenters. The maximum Gasteiger partial charge on any atom is 0.313 e. The lowest BCUT2D eigenvalue weighted by Gasteiger charge is -2.22. The highest BCUT2D eigenvalue weighted by molar-refractivity contribution is 7.99. The molecule has 1 aliphatic heterocycles. The Hall–Kier alpha value is -1.08. The third kappa shape index (κ3) is 3.70. The minimum absolute atomic E-state index is 0.0169. The Morgan fingerprint density at radius 3 is 3.05 bits per heavy atom. The molecule has 0 spiro atoms. The van der Waals surface area contributed by atoms with Crippen molar-refractivity contribution in [2.24, 2.45) is 0 Å². The van der Waals surface area contributed by atoms with Gasteiger partial charge in [0, 0.05) is 19.1 Å². The van der Waals surface area contributed by atoms with Gasteiger partial charge in [-0.05, 0) is 19.3 Å². The molecular formula is C12H19N3O3S. The third-order valence-electron chi connectivity index (χ3n) is 3.04. The van der Waals surface area contributed by atoms with Gasteiger partial charge in [-0.3, -0.25) is 4.79 Å². The Balaban J connectivity index is 2.15. The fourth-order valence-corrected chi connectivity index (χ4v) is 2.91. The minimum atomic E-state index is -0.835. The molecule has 1 aliphatic rings.